The molecule has 1 aromatic heterocycles. The van der Waals surface area contributed by atoms with Crippen LogP contribution in [0.25, 0.3) is 27.8 Å². The minimum absolute atomic E-state index is 0.108. The lowest BCUT2D eigenvalue weighted by atomic mass is 9.69. The molecule has 5 heteroatoms. The van der Waals surface area contributed by atoms with E-state index in [1.807, 2.05) is 36.4 Å². The van der Waals surface area contributed by atoms with Gasteiger partial charge < -0.3 is 10.2 Å². The molecule has 2 N–H and O–H groups in total. The summed E-state index contributed by atoms with van der Waals surface area (Å²) < 4.78 is 0. The molecule has 0 saturated heterocycles. The normalized spacial score (nSPS) is 13.3. The van der Waals surface area contributed by atoms with E-state index in [1.165, 1.54) is 5.56 Å². The largest absolute Gasteiger partial charge is 0.507 e. The molecule has 0 fully saturated rings. The number of hydrogen-bond acceptors (Lipinski definition) is 4. The summed E-state index contributed by atoms with van der Waals surface area (Å²) in [5.41, 5.74) is 7.21. The maximum absolute atomic E-state index is 12.2. The number of fused-ring (bicyclic) bond motifs is 1. The van der Waals surface area contributed by atoms with E-state index in [1.54, 1.807) is 10.9 Å². The summed E-state index contributed by atoms with van der Waals surface area (Å²) in [6.45, 7) is 27.0. The van der Waals surface area contributed by atoms with Gasteiger partial charge in [0.2, 0.25) is 0 Å². The minimum Gasteiger partial charge on any atom is -0.507 e. The maximum atomic E-state index is 12.2. The number of aromatic hydroxyl groups is 2. The summed E-state index contributed by atoms with van der Waals surface area (Å²) in [7, 11) is 0. The summed E-state index contributed by atoms with van der Waals surface area (Å²) in [4.78, 5) is 1.54. The standard InChI is InChI=1S/C43H55N3O2/c1-39(2,3)26-41(7,8)29-21-22-36(47)35(25-29)46-44-34-20-16-19-31(37(34)45-46)32-23-30(42(9,10)27-40(4,5)6)24-33(38(32)48)43(11,12)28-17-14-13-15-18-28/h13-25,47-48H,26-27H2,1-12H3. The van der Waals surface area contributed by atoms with Crippen molar-refractivity contribution in [2.24, 2.45) is 10.8 Å². The highest BCUT2D eigenvalue weighted by Crippen LogP contribution is 2.47. The monoisotopic (exact) mass is 645 g/mol. The van der Waals surface area contributed by atoms with Crippen LogP contribution in [0.3, 0.4) is 0 Å². The third-order valence-electron chi connectivity index (χ3n) is 9.68. The molecule has 0 radical (unpaired) electrons. The van der Waals surface area contributed by atoms with Gasteiger partial charge in [-0.05, 0) is 75.5 Å². The Balaban J connectivity index is 1.72. The summed E-state index contributed by atoms with van der Waals surface area (Å²) >= 11 is 0. The zero-order valence-electron chi connectivity index (χ0n) is 31.2. The van der Waals surface area contributed by atoms with Crippen LogP contribution in [-0.4, -0.2) is 25.2 Å². The Kier molecular flexibility index (Phi) is 8.86. The van der Waals surface area contributed by atoms with Crippen LogP contribution in [0.2, 0.25) is 0 Å². The van der Waals surface area contributed by atoms with E-state index >= 15 is 0 Å². The molecule has 5 aromatic rings. The molecule has 0 bridgehead atoms. The van der Waals surface area contributed by atoms with E-state index in [-0.39, 0.29) is 33.2 Å². The van der Waals surface area contributed by atoms with Crippen LogP contribution in [0.15, 0.2) is 78.9 Å². The van der Waals surface area contributed by atoms with Crippen LogP contribution in [0.5, 0.6) is 11.5 Å². The van der Waals surface area contributed by atoms with Crippen molar-refractivity contribution in [2.75, 3.05) is 0 Å². The van der Waals surface area contributed by atoms with Crippen LogP contribution in [0, 0.1) is 10.8 Å². The second-order valence-electron chi connectivity index (χ2n) is 18.0. The third-order valence-corrected chi connectivity index (χ3v) is 9.68. The maximum Gasteiger partial charge on any atom is 0.143 e. The quantitative estimate of drug-likeness (QED) is 0.176. The SMILES string of the molecule is CC(C)(C)CC(C)(C)c1ccc(O)c(-n2nc3cccc(-c4cc(C(C)(C)CC(C)(C)C)cc(C(C)(C)c5ccccc5)c4O)c3n2)c1. The van der Waals surface area contributed by atoms with Crippen molar-refractivity contribution in [1.82, 2.24) is 15.0 Å². The summed E-state index contributed by atoms with van der Waals surface area (Å²) in [5, 5.41) is 33.1. The Labute approximate surface area is 288 Å². The summed E-state index contributed by atoms with van der Waals surface area (Å²) in [5.74, 6) is 0.364. The fourth-order valence-electron chi connectivity index (χ4n) is 7.94. The minimum atomic E-state index is -0.467. The van der Waals surface area contributed by atoms with Crippen molar-refractivity contribution in [2.45, 2.75) is 112 Å². The number of aromatic nitrogens is 3. The fourth-order valence-corrected chi connectivity index (χ4v) is 7.94. The van der Waals surface area contributed by atoms with Gasteiger partial charge in [0, 0.05) is 22.1 Å². The zero-order valence-corrected chi connectivity index (χ0v) is 31.2. The molecule has 1 heterocycles. The van der Waals surface area contributed by atoms with Crippen LogP contribution in [0.1, 0.15) is 118 Å². The van der Waals surface area contributed by atoms with Crippen molar-refractivity contribution in [3.05, 3.63) is 101 Å². The molecule has 0 amide bonds. The number of hydrogen-bond donors (Lipinski definition) is 2. The molecule has 5 nitrogen and oxygen atoms in total. The highest BCUT2D eigenvalue weighted by atomic mass is 16.3. The Bertz CT molecular complexity index is 1930. The van der Waals surface area contributed by atoms with E-state index in [0.29, 0.717) is 16.7 Å². The first-order valence-corrected chi connectivity index (χ1v) is 17.2. The molecule has 0 aliphatic heterocycles. The molecule has 0 unspecified atom stereocenters. The third kappa shape index (κ3) is 7.16. The molecule has 4 aromatic carbocycles. The zero-order chi connectivity index (χ0) is 35.4. The molecule has 0 atom stereocenters. The van der Waals surface area contributed by atoms with E-state index in [2.05, 4.69) is 119 Å². The molecule has 0 saturated carbocycles. The number of phenols is 2. The van der Waals surface area contributed by atoms with Gasteiger partial charge in [-0.3, -0.25) is 0 Å². The molecular weight excluding hydrogens is 590 g/mol. The van der Waals surface area contributed by atoms with Gasteiger partial charge >= 0.3 is 0 Å². The van der Waals surface area contributed by atoms with Crippen LogP contribution in [-0.2, 0) is 16.2 Å². The average Bonchev–Trinajstić information content (AvgIpc) is 3.40. The van der Waals surface area contributed by atoms with Crippen LogP contribution in [0.4, 0.5) is 0 Å². The number of benzene rings is 4. The summed E-state index contributed by atoms with van der Waals surface area (Å²) in [6, 6.07) is 26.4. The van der Waals surface area contributed by atoms with Crippen molar-refractivity contribution in [3.63, 3.8) is 0 Å². The molecule has 0 aliphatic rings. The second-order valence-corrected chi connectivity index (χ2v) is 18.0. The lowest BCUT2D eigenvalue weighted by Gasteiger charge is -2.35. The van der Waals surface area contributed by atoms with Crippen molar-refractivity contribution < 1.29 is 10.2 Å². The number of nitrogens with zero attached hydrogens (tertiary/aromatic N) is 3. The second kappa shape index (κ2) is 12.1. The van der Waals surface area contributed by atoms with Gasteiger partial charge in [-0.2, -0.15) is 0 Å². The Hall–Kier alpha value is -4.12. The summed E-state index contributed by atoms with van der Waals surface area (Å²) in [6.07, 6.45) is 1.95. The lowest BCUT2D eigenvalue weighted by Crippen LogP contribution is -2.26. The first-order valence-electron chi connectivity index (χ1n) is 17.2. The van der Waals surface area contributed by atoms with Gasteiger partial charge in [-0.1, -0.05) is 138 Å². The highest BCUT2D eigenvalue weighted by Gasteiger charge is 2.34. The van der Waals surface area contributed by atoms with E-state index in [4.69, 9.17) is 10.2 Å². The van der Waals surface area contributed by atoms with Gasteiger partial charge in [0.25, 0.3) is 0 Å². The molecule has 0 spiro atoms. The molecule has 48 heavy (non-hydrogen) atoms. The van der Waals surface area contributed by atoms with Crippen LogP contribution < -0.4 is 0 Å². The first kappa shape index (κ1) is 35.2. The van der Waals surface area contributed by atoms with E-state index in [9.17, 15) is 10.2 Å². The van der Waals surface area contributed by atoms with Crippen molar-refractivity contribution >= 4 is 11.0 Å². The first-order chi connectivity index (χ1) is 22.1. The van der Waals surface area contributed by atoms with Crippen molar-refractivity contribution in [3.8, 4) is 28.3 Å². The number of rotatable bonds is 8. The smallest absolute Gasteiger partial charge is 0.143 e. The predicted octanol–water partition coefficient (Wildman–Crippen LogP) is 11.3. The molecule has 5 rings (SSSR count). The Morgan fingerprint density at radius 2 is 1.17 bits per heavy atom. The number of phenolic OH excluding ortho intramolecular Hbond substituents is 2. The Morgan fingerprint density at radius 3 is 1.77 bits per heavy atom. The fraction of sp³-hybridized carbons (Fsp3) is 0.442. The highest BCUT2D eigenvalue weighted by molar-refractivity contribution is 5.94. The van der Waals surface area contributed by atoms with E-state index in [0.717, 1.165) is 40.7 Å². The molecular formula is C43H55N3O2. The molecule has 0 aliphatic carbocycles. The van der Waals surface area contributed by atoms with E-state index < -0.39 is 5.41 Å². The van der Waals surface area contributed by atoms with Crippen LogP contribution >= 0.6 is 0 Å². The topological polar surface area (TPSA) is 71.2 Å². The lowest BCUT2D eigenvalue weighted by molar-refractivity contribution is 0.283. The molecule has 254 valence electrons. The van der Waals surface area contributed by atoms with Gasteiger partial charge in [0.05, 0.1) is 0 Å². The van der Waals surface area contributed by atoms with Gasteiger partial charge in [0.15, 0.2) is 0 Å². The van der Waals surface area contributed by atoms with Gasteiger partial charge in [0.1, 0.15) is 28.2 Å². The van der Waals surface area contributed by atoms with Crippen molar-refractivity contribution in [1.29, 1.82) is 0 Å². The predicted molar refractivity (Wildman–Crippen MR) is 200 cm³/mol. The van der Waals surface area contributed by atoms with Gasteiger partial charge in [-0.25, -0.2) is 0 Å². The Morgan fingerprint density at radius 1 is 0.562 bits per heavy atom. The average molecular weight is 646 g/mol. The van der Waals surface area contributed by atoms with Gasteiger partial charge in [-0.15, -0.1) is 15.0 Å².